The second kappa shape index (κ2) is 7.45. The highest BCUT2D eigenvalue weighted by atomic mass is 16.5. The van der Waals surface area contributed by atoms with Crippen LogP contribution in [0.15, 0.2) is 60.9 Å². The van der Waals surface area contributed by atoms with Crippen molar-refractivity contribution in [2.75, 3.05) is 13.7 Å². The maximum absolute atomic E-state index is 12.5. The number of ether oxygens (including phenoxy) is 2. The minimum absolute atomic E-state index is 0.00719. The predicted octanol–water partition coefficient (Wildman–Crippen LogP) is 3.07. The third-order valence-corrected chi connectivity index (χ3v) is 4.46. The number of aromatic nitrogens is 2. The maximum Gasteiger partial charge on any atom is 0.261 e. The van der Waals surface area contributed by atoms with Crippen LogP contribution in [0.3, 0.4) is 0 Å². The third kappa shape index (κ3) is 3.74. The highest BCUT2D eigenvalue weighted by Crippen LogP contribution is 2.27. The van der Waals surface area contributed by atoms with Gasteiger partial charge in [0.15, 0.2) is 6.61 Å². The van der Waals surface area contributed by atoms with Gasteiger partial charge in [0.05, 0.1) is 19.3 Å². The number of carbonyl (C=O) groups is 1. The zero-order valence-corrected chi connectivity index (χ0v) is 15.0. The Bertz CT molecular complexity index is 960. The monoisotopic (exact) mass is 361 g/mol. The van der Waals surface area contributed by atoms with E-state index < -0.39 is 0 Å². The number of hydrogen-bond acceptors (Lipinski definition) is 5. The van der Waals surface area contributed by atoms with Gasteiger partial charge in [-0.2, -0.15) is 0 Å². The Morgan fingerprint density at radius 1 is 1.15 bits per heavy atom. The summed E-state index contributed by atoms with van der Waals surface area (Å²) < 4.78 is 10.9. The van der Waals surface area contributed by atoms with Crippen LogP contribution in [-0.2, 0) is 17.9 Å². The third-order valence-electron chi connectivity index (χ3n) is 4.46. The summed E-state index contributed by atoms with van der Waals surface area (Å²) in [5.41, 5.74) is 3.55. The molecule has 0 saturated heterocycles. The second-order valence-electron chi connectivity index (χ2n) is 6.27. The molecule has 0 fully saturated rings. The molecule has 0 N–H and O–H groups in total. The summed E-state index contributed by atoms with van der Waals surface area (Å²) in [6.07, 6.45) is 3.47. The van der Waals surface area contributed by atoms with Crippen LogP contribution in [-0.4, -0.2) is 34.5 Å². The number of rotatable bonds is 4. The van der Waals surface area contributed by atoms with Gasteiger partial charge in [-0.15, -0.1) is 0 Å². The standard InChI is InChI=1S/C21H19N3O3/c1-26-17-4-2-3-15(11-17)12-24-13-19-20(27-14-21(24)25)6-5-18(23-19)16-7-9-22-10-8-16/h2-11H,12-14H2,1H3. The molecule has 3 heterocycles. The summed E-state index contributed by atoms with van der Waals surface area (Å²) in [6.45, 7) is 0.873. The van der Waals surface area contributed by atoms with Crippen molar-refractivity contribution in [3.63, 3.8) is 0 Å². The van der Waals surface area contributed by atoms with Gasteiger partial charge < -0.3 is 14.4 Å². The SMILES string of the molecule is COc1cccc(CN2Cc3nc(-c4ccncc4)ccc3OCC2=O)c1. The van der Waals surface area contributed by atoms with Gasteiger partial charge in [-0.25, -0.2) is 4.98 Å². The quantitative estimate of drug-likeness (QED) is 0.715. The molecule has 0 aliphatic carbocycles. The van der Waals surface area contributed by atoms with Crippen LogP contribution in [0.2, 0.25) is 0 Å². The summed E-state index contributed by atoms with van der Waals surface area (Å²) in [5.74, 6) is 1.35. The van der Waals surface area contributed by atoms with Gasteiger partial charge in [-0.3, -0.25) is 9.78 Å². The number of carbonyl (C=O) groups excluding carboxylic acids is 1. The van der Waals surface area contributed by atoms with Gasteiger partial charge in [0.2, 0.25) is 0 Å². The first-order valence-corrected chi connectivity index (χ1v) is 8.67. The fourth-order valence-corrected chi connectivity index (χ4v) is 3.05. The molecule has 2 aromatic heterocycles. The van der Waals surface area contributed by atoms with E-state index in [4.69, 9.17) is 14.5 Å². The van der Waals surface area contributed by atoms with Crippen molar-refractivity contribution in [2.24, 2.45) is 0 Å². The molecule has 0 unspecified atom stereocenters. The molecule has 1 aromatic carbocycles. The lowest BCUT2D eigenvalue weighted by Crippen LogP contribution is -2.32. The normalized spacial score (nSPS) is 13.5. The van der Waals surface area contributed by atoms with Crippen molar-refractivity contribution in [2.45, 2.75) is 13.1 Å². The van der Waals surface area contributed by atoms with E-state index in [0.717, 1.165) is 28.3 Å². The molecule has 1 amide bonds. The van der Waals surface area contributed by atoms with E-state index in [-0.39, 0.29) is 12.5 Å². The van der Waals surface area contributed by atoms with Gasteiger partial charge in [0.25, 0.3) is 5.91 Å². The van der Waals surface area contributed by atoms with Crippen molar-refractivity contribution < 1.29 is 14.3 Å². The Morgan fingerprint density at radius 3 is 2.81 bits per heavy atom. The van der Waals surface area contributed by atoms with Crippen LogP contribution >= 0.6 is 0 Å². The van der Waals surface area contributed by atoms with E-state index in [2.05, 4.69) is 4.98 Å². The zero-order valence-electron chi connectivity index (χ0n) is 15.0. The van der Waals surface area contributed by atoms with Gasteiger partial charge in [0.1, 0.15) is 17.2 Å². The number of methoxy groups -OCH3 is 1. The number of benzene rings is 1. The van der Waals surface area contributed by atoms with Gasteiger partial charge >= 0.3 is 0 Å². The Kier molecular flexibility index (Phi) is 4.70. The number of hydrogen-bond donors (Lipinski definition) is 0. The molecular weight excluding hydrogens is 342 g/mol. The lowest BCUT2D eigenvalue weighted by Gasteiger charge is -2.20. The van der Waals surface area contributed by atoms with Crippen LogP contribution in [0.4, 0.5) is 0 Å². The summed E-state index contributed by atoms with van der Waals surface area (Å²) in [7, 11) is 1.63. The van der Waals surface area contributed by atoms with Crippen LogP contribution in [0.25, 0.3) is 11.3 Å². The molecule has 1 aliphatic heterocycles. The van der Waals surface area contributed by atoms with Crippen molar-refractivity contribution >= 4 is 5.91 Å². The molecule has 0 bridgehead atoms. The van der Waals surface area contributed by atoms with E-state index in [9.17, 15) is 4.79 Å². The fraction of sp³-hybridized carbons (Fsp3) is 0.190. The number of fused-ring (bicyclic) bond motifs is 1. The molecule has 0 saturated carbocycles. The lowest BCUT2D eigenvalue weighted by atomic mass is 10.1. The molecule has 0 atom stereocenters. The number of pyridine rings is 2. The average Bonchev–Trinajstić information content (AvgIpc) is 2.87. The Morgan fingerprint density at radius 2 is 2.00 bits per heavy atom. The number of nitrogens with zero attached hydrogens (tertiary/aromatic N) is 3. The Labute approximate surface area is 157 Å². The molecule has 4 rings (SSSR count). The van der Waals surface area contributed by atoms with E-state index in [1.54, 1.807) is 24.4 Å². The van der Waals surface area contributed by atoms with Crippen LogP contribution < -0.4 is 9.47 Å². The van der Waals surface area contributed by atoms with Crippen molar-refractivity contribution in [3.05, 3.63) is 72.2 Å². The highest BCUT2D eigenvalue weighted by molar-refractivity contribution is 5.78. The highest BCUT2D eigenvalue weighted by Gasteiger charge is 2.23. The minimum Gasteiger partial charge on any atom is -0.497 e. The number of amides is 1. The summed E-state index contributed by atoms with van der Waals surface area (Å²) in [6, 6.07) is 15.3. The van der Waals surface area contributed by atoms with Crippen molar-refractivity contribution in [3.8, 4) is 22.8 Å². The zero-order chi connectivity index (χ0) is 18.6. The first-order valence-electron chi connectivity index (χ1n) is 8.67. The first kappa shape index (κ1) is 17.0. The van der Waals surface area contributed by atoms with E-state index >= 15 is 0 Å². The van der Waals surface area contributed by atoms with Gasteiger partial charge in [0, 0.05) is 24.5 Å². The molecule has 1 aliphatic rings. The van der Waals surface area contributed by atoms with E-state index in [0.29, 0.717) is 18.8 Å². The summed E-state index contributed by atoms with van der Waals surface area (Å²) in [4.78, 5) is 23.1. The molecular formula is C21H19N3O3. The minimum atomic E-state index is -0.0683. The predicted molar refractivity (Wildman–Crippen MR) is 100 cm³/mol. The van der Waals surface area contributed by atoms with Crippen molar-refractivity contribution in [1.29, 1.82) is 0 Å². The maximum atomic E-state index is 12.5. The average molecular weight is 361 g/mol. The largest absolute Gasteiger partial charge is 0.497 e. The van der Waals surface area contributed by atoms with Crippen molar-refractivity contribution in [1.82, 2.24) is 14.9 Å². The summed E-state index contributed by atoms with van der Waals surface area (Å²) >= 11 is 0. The Hall–Kier alpha value is -3.41. The molecule has 0 spiro atoms. The van der Waals surface area contributed by atoms with E-state index in [1.165, 1.54) is 0 Å². The Balaban J connectivity index is 1.62. The van der Waals surface area contributed by atoms with Gasteiger partial charge in [-0.1, -0.05) is 12.1 Å². The summed E-state index contributed by atoms with van der Waals surface area (Å²) in [5, 5.41) is 0. The molecule has 27 heavy (non-hydrogen) atoms. The van der Waals surface area contributed by atoms with E-state index in [1.807, 2.05) is 48.5 Å². The molecule has 6 nitrogen and oxygen atoms in total. The van der Waals surface area contributed by atoms with Gasteiger partial charge in [-0.05, 0) is 42.0 Å². The van der Waals surface area contributed by atoms with Crippen LogP contribution in [0, 0.1) is 0 Å². The fourth-order valence-electron chi connectivity index (χ4n) is 3.05. The van der Waals surface area contributed by atoms with Crippen LogP contribution in [0.1, 0.15) is 11.3 Å². The molecule has 3 aromatic rings. The lowest BCUT2D eigenvalue weighted by molar-refractivity contribution is -0.133. The molecule has 6 heteroatoms. The topological polar surface area (TPSA) is 64.6 Å². The van der Waals surface area contributed by atoms with Crippen LogP contribution in [0.5, 0.6) is 11.5 Å². The smallest absolute Gasteiger partial charge is 0.261 e. The molecule has 136 valence electrons. The second-order valence-corrected chi connectivity index (χ2v) is 6.27. The first-order chi connectivity index (χ1) is 13.2. The molecule has 0 radical (unpaired) electrons.